The first-order valence-electron chi connectivity index (χ1n) is 13.7. The number of oxime groups is 1. The van der Waals surface area contributed by atoms with E-state index in [9.17, 15) is 28.5 Å². The van der Waals surface area contributed by atoms with E-state index in [0.29, 0.717) is 67.1 Å². The van der Waals surface area contributed by atoms with Crippen LogP contribution in [0.15, 0.2) is 33.0 Å². The van der Waals surface area contributed by atoms with E-state index < -0.39 is 20.7 Å². The van der Waals surface area contributed by atoms with Crippen molar-refractivity contribution in [2.24, 2.45) is 12.2 Å². The zero-order valence-corrected chi connectivity index (χ0v) is 24.6. The molecule has 1 aromatic carbocycles. The van der Waals surface area contributed by atoms with Gasteiger partial charge in [0.2, 0.25) is 10.0 Å². The number of ether oxygens (including phenoxy) is 1. The van der Waals surface area contributed by atoms with E-state index in [2.05, 4.69) is 15.0 Å². The Bertz CT molecular complexity index is 1630. The minimum atomic E-state index is -3.92. The van der Waals surface area contributed by atoms with Crippen molar-refractivity contribution in [1.82, 2.24) is 23.7 Å². The molecule has 1 aliphatic heterocycles. The van der Waals surface area contributed by atoms with Crippen LogP contribution < -0.4 is 10.3 Å². The Kier molecular flexibility index (Phi) is 9.80. The maximum Gasteiger partial charge on any atom is 0.294 e. The minimum Gasteiger partial charge on any atom is -0.493 e. The van der Waals surface area contributed by atoms with Crippen LogP contribution in [0.5, 0.6) is 5.75 Å². The number of hydrogen-bond donors (Lipinski definition) is 2. The second-order valence-electron chi connectivity index (χ2n) is 9.84. The fraction of sp³-hybridized carbons (Fsp3) is 0.500. The molecule has 15 nitrogen and oxygen atoms in total. The topological polar surface area (TPSA) is 185 Å². The molecule has 3 aromatic rings. The van der Waals surface area contributed by atoms with Crippen LogP contribution in [0.4, 0.5) is 0 Å². The standard InChI is InChI=1S/C26H35N7O8S/c1-4-6-19-21(17-27-35)30(3)24-23(19)28-25(29-26(24)34)20-16-18(7-8-22(20)40-14-5-2)42(38,39)32-11-9-31(10-12-32)13-15-41-33(36)37/h7-8,16-17,35H,4-6,9-15H2,1-3H3,(H,28,29,34). The van der Waals surface area contributed by atoms with Gasteiger partial charge in [-0.1, -0.05) is 25.4 Å². The molecule has 228 valence electrons. The average molecular weight is 606 g/mol. The molecule has 0 bridgehead atoms. The van der Waals surface area contributed by atoms with E-state index in [1.54, 1.807) is 17.7 Å². The number of rotatable bonds is 13. The second-order valence-corrected chi connectivity index (χ2v) is 11.8. The normalized spacial score (nSPS) is 15.0. The van der Waals surface area contributed by atoms with E-state index in [1.807, 2.05) is 18.7 Å². The number of piperazine rings is 1. The van der Waals surface area contributed by atoms with E-state index in [-0.39, 0.29) is 30.4 Å². The number of sulfonamides is 1. The molecule has 0 amide bonds. The van der Waals surface area contributed by atoms with Crippen LogP contribution >= 0.6 is 0 Å². The summed E-state index contributed by atoms with van der Waals surface area (Å²) in [5.74, 6) is 0.528. The largest absolute Gasteiger partial charge is 0.493 e. The molecule has 2 aromatic heterocycles. The van der Waals surface area contributed by atoms with Crippen LogP contribution in [0.3, 0.4) is 0 Å². The zero-order valence-electron chi connectivity index (χ0n) is 23.8. The van der Waals surface area contributed by atoms with Crippen molar-refractivity contribution in [2.75, 3.05) is 45.9 Å². The van der Waals surface area contributed by atoms with Crippen LogP contribution in [0.25, 0.3) is 22.4 Å². The Morgan fingerprint density at radius 3 is 2.57 bits per heavy atom. The number of aryl methyl sites for hydroxylation is 2. The SMILES string of the molecule is CCCOc1ccc(S(=O)(=O)N2CCN(CCO[N+](=O)[O-])CC2)cc1-c1nc2c(CCC)c(C=NO)n(C)c2c(=O)[nH]1. The summed E-state index contributed by atoms with van der Waals surface area (Å²) in [5.41, 5.74) is 1.91. The molecule has 0 atom stereocenters. The zero-order chi connectivity index (χ0) is 30.4. The Hall–Kier alpha value is -4.02. The van der Waals surface area contributed by atoms with Gasteiger partial charge in [-0.25, -0.2) is 13.4 Å². The Balaban J connectivity index is 1.73. The summed E-state index contributed by atoms with van der Waals surface area (Å²) in [6, 6.07) is 4.49. The van der Waals surface area contributed by atoms with Crippen molar-refractivity contribution in [2.45, 2.75) is 38.0 Å². The van der Waals surface area contributed by atoms with Gasteiger partial charge in [-0.2, -0.15) is 4.31 Å². The van der Waals surface area contributed by atoms with Gasteiger partial charge in [-0.15, -0.1) is 10.1 Å². The first-order valence-corrected chi connectivity index (χ1v) is 15.1. The van der Waals surface area contributed by atoms with Crippen molar-refractivity contribution in [3.8, 4) is 17.1 Å². The highest BCUT2D eigenvalue weighted by Gasteiger charge is 2.30. The van der Waals surface area contributed by atoms with Crippen molar-refractivity contribution < 1.29 is 28.3 Å². The molecule has 0 radical (unpaired) electrons. The minimum absolute atomic E-state index is 0.0178. The number of nitrogens with zero attached hydrogens (tertiary/aromatic N) is 6. The molecule has 0 unspecified atom stereocenters. The number of H-pyrrole nitrogens is 1. The molecule has 2 N–H and O–H groups in total. The van der Waals surface area contributed by atoms with Gasteiger partial charge in [-0.3, -0.25) is 9.69 Å². The van der Waals surface area contributed by atoms with Gasteiger partial charge in [-0.05, 0) is 31.0 Å². The Labute approximate surface area is 242 Å². The molecule has 42 heavy (non-hydrogen) atoms. The van der Waals surface area contributed by atoms with Crippen LogP contribution in [-0.2, 0) is 28.3 Å². The highest BCUT2D eigenvalue weighted by atomic mass is 32.2. The van der Waals surface area contributed by atoms with Crippen LogP contribution in [0.2, 0.25) is 0 Å². The number of hydrogen-bond acceptors (Lipinski definition) is 11. The van der Waals surface area contributed by atoms with Crippen molar-refractivity contribution >= 4 is 27.3 Å². The van der Waals surface area contributed by atoms with Crippen molar-refractivity contribution in [3.05, 3.63) is 49.9 Å². The van der Waals surface area contributed by atoms with E-state index in [1.165, 1.54) is 22.7 Å². The molecular weight excluding hydrogens is 570 g/mol. The summed E-state index contributed by atoms with van der Waals surface area (Å²) in [6.07, 6.45) is 3.31. The summed E-state index contributed by atoms with van der Waals surface area (Å²) in [5, 5.41) is 21.9. The summed E-state index contributed by atoms with van der Waals surface area (Å²) < 4.78 is 36.2. The lowest BCUT2D eigenvalue weighted by Gasteiger charge is -2.33. The summed E-state index contributed by atoms with van der Waals surface area (Å²) >= 11 is 0. The maximum atomic E-state index is 13.7. The van der Waals surface area contributed by atoms with E-state index >= 15 is 0 Å². The molecule has 1 saturated heterocycles. The van der Waals surface area contributed by atoms with Gasteiger partial charge in [0.25, 0.3) is 10.6 Å². The molecule has 1 aliphatic rings. The predicted octanol–water partition coefficient (Wildman–Crippen LogP) is 1.99. The fourth-order valence-corrected chi connectivity index (χ4v) is 6.50. The lowest BCUT2D eigenvalue weighted by Crippen LogP contribution is -2.49. The number of fused-ring (bicyclic) bond motifs is 1. The first-order chi connectivity index (χ1) is 20.1. The molecule has 0 spiro atoms. The molecule has 16 heteroatoms. The second kappa shape index (κ2) is 13.3. The van der Waals surface area contributed by atoms with Gasteiger partial charge in [0, 0.05) is 45.3 Å². The van der Waals surface area contributed by atoms with E-state index in [4.69, 9.17) is 9.72 Å². The van der Waals surface area contributed by atoms with Crippen LogP contribution in [0, 0.1) is 10.1 Å². The highest BCUT2D eigenvalue weighted by molar-refractivity contribution is 7.89. The Morgan fingerprint density at radius 2 is 1.93 bits per heavy atom. The quantitative estimate of drug-likeness (QED) is 0.126. The molecule has 0 saturated carbocycles. The average Bonchev–Trinajstić information content (AvgIpc) is 3.23. The van der Waals surface area contributed by atoms with Crippen molar-refractivity contribution in [3.63, 3.8) is 0 Å². The molecular formula is C26H35N7O8S. The number of benzene rings is 1. The number of aromatic amines is 1. The van der Waals surface area contributed by atoms with Gasteiger partial charge < -0.3 is 24.3 Å². The van der Waals surface area contributed by atoms with Crippen LogP contribution in [-0.4, -0.2) is 94.6 Å². The van der Waals surface area contributed by atoms with Gasteiger partial charge >= 0.3 is 0 Å². The smallest absolute Gasteiger partial charge is 0.294 e. The number of aromatic nitrogens is 3. The molecule has 4 rings (SSSR count). The third-order valence-corrected chi connectivity index (χ3v) is 9.00. The number of nitrogens with one attached hydrogen (secondary N) is 1. The first kappa shape index (κ1) is 30.9. The summed E-state index contributed by atoms with van der Waals surface area (Å²) in [6.45, 7) is 5.71. The Morgan fingerprint density at radius 1 is 1.19 bits per heavy atom. The van der Waals surface area contributed by atoms with Gasteiger partial charge in [0.1, 0.15) is 29.2 Å². The third kappa shape index (κ3) is 6.39. The lowest BCUT2D eigenvalue weighted by molar-refractivity contribution is -0.757. The van der Waals surface area contributed by atoms with Gasteiger partial charge in [0.15, 0.2) is 0 Å². The monoisotopic (exact) mass is 605 g/mol. The summed E-state index contributed by atoms with van der Waals surface area (Å²) in [4.78, 5) is 37.6. The van der Waals surface area contributed by atoms with Crippen LogP contribution in [0.1, 0.15) is 37.9 Å². The summed E-state index contributed by atoms with van der Waals surface area (Å²) in [7, 11) is -2.24. The molecule has 3 heterocycles. The van der Waals surface area contributed by atoms with Crippen molar-refractivity contribution in [1.29, 1.82) is 0 Å². The maximum absolute atomic E-state index is 13.7. The highest BCUT2D eigenvalue weighted by Crippen LogP contribution is 2.33. The fourth-order valence-electron chi connectivity index (χ4n) is 5.06. The van der Waals surface area contributed by atoms with E-state index in [0.717, 1.165) is 12.0 Å². The lowest BCUT2D eigenvalue weighted by atomic mass is 10.1. The molecule has 1 fully saturated rings. The third-order valence-electron chi connectivity index (χ3n) is 7.11. The predicted molar refractivity (Wildman–Crippen MR) is 154 cm³/mol. The molecule has 0 aliphatic carbocycles. The van der Waals surface area contributed by atoms with Gasteiger partial charge in [0.05, 0.1) is 29.0 Å².